The molecule has 0 fully saturated rings. The Bertz CT molecular complexity index is 1290. The normalized spacial score (nSPS) is 15.0. The lowest BCUT2D eigenvalue weighted by molar-refractivity contribution is 0.218. The Labute approximate surface area is 197 Å². The van der Waals surface area contributed by atoms with Gasteiger partial charge in [-0.3, -0.25) is 0 Å². The first-order valence-electron chi connectivity index (χ1n) is 11.1. The molecule has 1 heterocycles. The monoisotopic (exact) mass is 450 g/mol. The number of benzene rings is 4. The zero-order valence-corrected chi connectivity index (χ0v) is 18.4. The highest BCUT2D eigenvalue weighted by atomic mass is 19.1. The smallest absolute Gasteiger partial charge is 0.342 e. The van der Waals surface area contributed by atoms with Crippen LogP contribution in [0.1, 0.15) is 17.0 Å². The van der Waals surface area contributed by atoms with Crippen molar-refractivity contribution in [2.75, 3.05) is 17.2 Å². The SMILES string of the molecule is O=C(Nc1ccc(F)cc1)N1CC(c2ccccc2)C(c2ccc(Nc3ccccc3)cc2)=N1. The van der Waals surface area contributed by atoms with Gasteiger partial charge >= 0.3 is 6.03 Å². The molecular formula is C28H23FN4O. The highest BCUT2D eigenvalue weighted by Crippen LogP contribution is 2.30. The first kappa shape index (κ1) is 21.4. The second kappa shape index (κ2) is 9.58. The topological polar surface area (TPSA) is 56.7 Å². The lowest BCUT2D eigenvalue weighted by atomic mass is 9.90. The maximum absolute atomic E-state index is 13.2. The number of carbonyl (C=O) groups is 1. The Morgan fingerprint density at radius 2 is 1.35 bits per heavy atom. The molecule has 168 valence electrons. The van der Waals surface area contributed by atoms with E-state index in [2.05, 4.69) is 15.7 Å². The van der Waals surface area contributed by atoms with Crippen LogP contribution in [0.25, 0.3) is 0 Å². The van der Waals surface area contributed by atoms with Gasteiger partial charge in [-0.15, -0.1) is 0 Å². The van der Waals surface area contributed by atoms with E-state index in [1.165, 1.54) is 29.3 Å². The van der Waals surface area contributed by atoms with Crippen molar-refractivity contribution in [1.82, 2.24) is 5.01 Å². The molecule has 5 rings (SSSR count). The largest absolute Gasteiger partial charge is 0.356 e. The van der Waals surface area contributed by atoms with Crippen LogP contribution in [0, 0.1) is 5.82 Å². The summed E-state index contributed by atoms with van der Waals surface area (Å²) in [7, 11) is 0. The van der Waals surface area contributed by atoms with E-state index in [4.69, 9.17) is 0 Å². The van der Waals surface area contributed by atoms with E-state index >= 15 is 0 Å². The van der Waals surface area contributed by atoms with Crippen molar-refractivity contribution in [3.63, 3.8) is 0 Å². The van der Waals surface area contributed by atoms with Gasteiger partial charge in [-0.25, -0.2) is 14.2 Å². The number of hydrazone groups is 1. The maximum atomic E-state index is 13.2. The first-order valence-corrected chi connectivity index (χ1v) is 11.1. The third kappa shape index (κ3) is 4.81. The molecule has 0 bridgehead atoms. The predicted molar refractivity (Wildman–Crippen MR) is 134 cm³/mol. The van der Waals surface area contributed by atoms with Crippen molar-refractivity contribution >= 4 is 28.8 Å². The van der Waals surface area contributed by atoms with Crippen molar-refractivity contribution in [1.29, 1.82) is 0 Å². The van der Waals surface area contributed by atoms with E-state index in [1.54, 1.807) is 0 Å². The van der Waals surface area contributed by atoms with E-state index in [0.717, 1.165) is 28.2 Å². The van der Waals surface area contributed by atoms with Gasteiger partial charge < -0.3 is 10.6 Å². The first-order chi connectivity index (χ1) is 16.7. The molecule has 1 aliphatic heterocycles. The van der Waals surface area contributed by atoms with E-state index in [9.17, 15) is 9.18 Å². The minimum atomic E-state index is -0.357. The number of nitrogens with zero attached hydrogens (tertiary/aromatic N) is 2. The number of urea groups is 1. The Balaban J connectivity index is 1.39. The summed E-state index contributed by atoms with van der Waals surface area (Å²) in [5, 5.41) is 12.3. The summed E-state index contributed by atoms with van der Waals surface area (Å²) < 4.78 is 13.2. The standard InChI is InChI=1S/C28H23FN4O/c29-22-13-17-25(18-14-22)31-28(34)33-19-26(20-7-3-1-4-8-20)27(32-33)21-11-15-24(16-12-21)30-23-9-5-2-6-10-23/h1-18,26,30H,19H2,(H,31,34). The number of halogens is 1. The average molecular weight is 451 g/mol. The van der Waals surface area contributed by atoms with Crippen LogP contribution in [0.5, 0.6) is 0 Å². The molecule has 34 heavy (non-hydrogen) atoms. The number of hydrogen-bond acceptors (Lipinski definition) is 3. The number of para-hydroxylation sites is 1. The quantitative estimate of drug-likeness (QED) is 0.360. The van der Waals surface area contributed by atoms with Crippen LogP contribution in [0.3, 0.4) is 0 Å². The minimum Gasteiger partial charge on any atom is -0.356 e. The van der Waals surface area contributed by atoms with Crippen LogP contribution in [0.2, 0.25) is 0 Å². The Morgan fingerprint density at radius 3 is 2.03 bits per heavy atom. The fourth-order valence-corrected chi connectivity index (χ4v) is 3.97. The Kier molecular flexibility index (Phi) is 6.03. The summed E-state index contributed by atoms with van der Waals surface area (Å²) in [5.74, 6) is -0.415. The molecular weight excluding hydrogens is 427 g/mol. The molecule has 6 heteroatoms. The maximum Gasteiger partial charge on any atom is 0.342 e. The molecule has 1 aliphatic rings. The molecule has 0 saturated heterocycles. The number of nitrogens with one attached hydrogen (secondary N) is 2. The summed E-state index contributed by atoms with van der Waals surface area (Å²) in [6, 6.07) is 33.4. The fourth-order valence-electron chi connectivity index (χ4n) is 3.97. The number of anilines is 3. The van der Waals surface area contributed by atoms with Gasteiger partial charge in [0.25, 0.3) is 0 Å². The van der Waals surface area contributed by atoms with E-state index in [-0.39, 0.29) is 17.8 Å². The van der Waals surface area contributed by atoms with E-state index < -0.39 is 0 Å². The lowest BCUT2D eigenvalue weighted by Gasteiger charge is -2.16. The molecule has 0 aliphatic carbocycles. The zero-order chi connectivity index (χ0) is 23.3. The van der Waals surface area contributed by atoms with Crippen molar-refractivity contribution < 1.29 is 9.18 Å². The molecule has 2 N–H and O–H groups in total. The van der Waals surface area contributed by atoms with Crippen LogP contribution in [-0.2, 0) is 0 Å². The van der Waals surface area contributed by atoms with Gasteiger partial charge in [-0.1, -0.05) is 60.7 Å². The van der Waals surface area contributed by atoms with Crippen LogP contribution in [0.4, 0.5) is 26.2 Å². The lowest BCUT2D eigenvalue weighted by Crippen LogP contribution is -2.30. The summed E-state index contributed by atoms with van der Waals surface area (Å²) in [5.41, 5.74) is 5.36. The molecule has 0 spiro atoms. The Morgan fingerprint density at radius 1 is 0.765 bits per heavy atom. The minimum absolute atomic E-state index is 0.0619. The van der Waals surface area contributed by atoms with Crippen LogP contribution >= 0.6 is 0 Å². The summed E-state index contributed by atoms with van der Waals surface area (Å²) in [6.45, 7) is 0.413. The van der Waals surface area contributed by atoms with Crippen LogP contribution in [0.15, 0.2) is 114 Å². The van der Waals surface area contributed by atoms with Crippen molar-refractivity contribution in [3.05, 3.63) is 126 Å². The summed E-state index contributed by atoms with van der Waals surface area (Å²) in [6.07, 6.45) is 0. The molecule has 4 aromatic rings. The van der Waals surface area contributed by atoms with Gasteiger partial charge in [0.2, 0.25) is 0 Å². The third-order valence-electron chi connectivity index (χ3n) is 5.69. The fraction of sp³-hybridized carbons (Fsp3) is 0.0714. The van der Waals surface area contributed by atoms with E-state index in [0.29, 0.717) is 12.2 Å². The molecule has 0 aromatic heterocycles. The second-order valence-electron chi connectivity index (χ2n) is 8.04. The van der Waals surface area contributed by atoms with Crippen molar-refractivity contribution in [3.8, 4) is 0 Å². The summed E-state index contributed by atoms with van der Waals surface area (Å²) in [4.78, 5) is 12.9. The number of hydrogen-bond donors (Lipinski definition) is 2. The molecule has 0 saturated carbocycles. The molecule has 1 atom stereocenters. The third-order valence-corrected chi connectivity index (χ3v) is 5.69. The molecule has 4 aromatic carbocycles. The highest BCUT2D eigenvalue weighted by molar-refractivity contribution is 6.08. The number of rotatable bonds is 5. The number of carbonyl (C=O) groups excluding carboxylic acids is 1. The Hall–Kier alpha value is -4.45. The van der Waals surface area contributed by atoms with Gasteiger partial charge in [-0.05, 0) is 59.7 Å². The second-order valence-corrected chi connectivity index (χ2v) is 8.04. The molecule has 5 nitrogen and oxygen atoms in total. The van der Waals surface area contributed by atoms with Gasteiger partial charge in [0, 0.05) is 23.0 Å². The van der Waals surface area contributed by atoms with Gasteiger partial charge in [0.05, 0.1) is 12.3 Å². The van der Waals surface area contributed by atoms with Gasteiger partial charge in [-0.2, -0.15) is 5.10 Å². The zero-order valence-electron chi connectivity index (χ0n) is 18.4. The predicted octanol–water partition coefficient (Wildman–Crippen LogP) is 6.60. The molecule has 2 amide bonds. The van der Waals surface area contributed by atoms with Gasteiger partial charge in [0.15, 0.2) is 0 Å². The van der Waals surface area contributed by atoms with Crippen molar-refractivity contribution in [2.45, 2.75) is 5.92 Å². The van der Waals surface area contributed by atoms with Crippen LogP contribution < -0.4 is 10.6 Å². The van der Waals surface area contributed by atoms with E-state index in [1.807, 2.05) is 84.9 Å². The van der Waals surface area contributed by atoms with Crippen molar-refractivity contribution in [2.24, 2.45) is 5.10 Å². The molecule has 0 radical (unpaired) electrons. The van der Waals surface area contributed by atoms with Crippen LogP contribution in [-0.4, -0.2) is 23.3 Å². The number of amides is 2. The van der Waals surface area contributed by atoms with Gasteiger partial charge in [0.1, 0.15) is 5.82 Å². The molecule has 1 unspecified atom stereocenters. The average Bonchev–Trinajstić information content (AvgIpc) is 3.33. The summed E-state index contributed by atoms with van der Waals surface area (Å²) >= 11 is 0. The highest BCUT2D eigenvalue weighted by Gasteiger charge is 2.32.